The van der Waals surface area contributed by atoms with Crippen molar-refractivity contribution in [2.45, 2.75) is 89.6 Å². The fraction of sp³-hybridized carbons (Fsp3) is 0.533. The van der Waals surface area contributed by atoms with E-state index in [9.17, 15) is 48.6 Å². The first-order valence-corrected chi connectivity index (χ1v) is 14.9. The van der Waals surface area contributed by atoms with Crippen molar-refractivity contribution in [2.24, 2.45) is 11.7 Å². The van der Waals surface area contributed by atoms with Gasteiger partial charge in [0.25, 0.3) is 0 Å². The minimum atomic E-state index is -1.53. The van der Waals surface area contributed by atoms with Gasteiger partial charge in [0.2, 0.25) is 29.5 Å². The summed E-state index contributed by atoms with van der Waals surface area (Å²) in [5.74, 6) is -8.89. The van der Waals surface area contributed by atoms with Crippen LogP contribution in [-0.4, -0.2) is 116 Å². The number of nitrogens with zero attached hydrogens (tertiary/aromatic N) is 1. The standard InChI is InChI=1S/C30H44N6O12/c1-14(2)24(30(47)48)35-28(45)21(12-17-6-8-18(37)9-7-17)36(5)29(46)16(4)33-25(42)15(3)32-27(44)20(10-11-22(38)39)34-26(43)19(31)13-23(40)41/h6-9,14-16,19-21,24,37H,10-13,31H2,1-5H3,(H,32,44)(H,33,42)(H,34,43)(H,35,45)(H,38,39)(H,40,41)(H,47,48)/t15-,16-,19-,20-,21-,24-/m0/s1. The molecule has 18 heteroatoms. The number of nitrogens with two attached hydrogens (primary N) is 1. The molecule has 266 valence electrons. The van der Waals surface area contributed by atoms with Crippen LogP contribution in [-0.2, 0) is 44.8 Å². The van der Waals surface area contributed by atoms with E-state index in [4.69, 9.17) is 15.9 Å². The lowest BCUT2D eigenvalue weighted by atomic mass is 10.0. The quantitative estimate of drug-likeness (QED) is 0.0776. The van der Waals surface area contributed by atoms with Gasteiger partial charge in [-0.25, -0.2) is 4.79 Å². The Morgan fingerprint density at radius 1 is 0.750 bits per heavy atom. The molecular weight excluding hydrogens is 636 g/mol. The SMILES string of the molecule is CC(C)[C@H](NC(=O)[C@H](Cc1ccc(O)cc1)N(C)C(=O)[C@H](C)NC(=O)[C@H](C)NC(=O)[C@H](CCC(=O)O)NC(=O)[C@@H](N)CC(=O)O)C(=O)O. The first-order valence-electron chi connectivity index (χ1n) is 14.9. The van der Waals surface area contributed by atoms with Crippen LogP contribution in [0.25, 0.3) is 0 Å². The first-order chi connectivity index (χ1) is 22.2. The molecule has 5 amide bonds. The molecule has 0 aliphatic heterocycles. The van der Waals surface area contributed by atoms with Crippen molar-refractivity contribution in [1.82, 2.24) is 26.2 Å². The topological polar surface area (TPSA) is 295 Å². The largest absolute Gasteiger partial charge is 0.508 e. The number of carboxylic acids is 3. The van der Waals surface area contributed by atoms with Crippen LogP contribution in [0.1, 0.15) is 52.5 Å². The third-order valence-electron chi connectivity index (χ3n) is 7.21. The monoisotopic (exact) mass is 680 g/mol. The van der Waals surface area contributed by atoms with Crippen molar-refractivity contribution >= 4 is 47.4 Å². The van der Waals surface area contributed by atoms with Gasteiger partial charge in [-0.05, 0) is 43.9 Å². The van der Waals surface area contributed by atoms with E-state index >= 15 is 0 Å². The highest BCUT2D eigenvalue weighted by molar-refractivity contribution is 5.96. The van der Waals surface area contributed by atoms with Gasteiger partial charge in [-0.2, -0.15) is 0 Å². The van der Waals surface area contributed by atoms with E-state index in [1.807, 2.05) is 0 Å². The van der Waals surface area contributed by atoms with Gasteiger partial charge in [-0.1, -0.05) is 26.0 Å². The number of carboxylic acid groups (broad SMARTS) is 3. The molecule has 6 atom stereocenters. The molecule has 0 saturated heterocycles. The number of carbonyl (C=O) groups is 8. The Hall–Kier alpha value is -5.26. The minimum Gasteiger partial charge on any atom is -0.508 e. The van der Waals surface area contributed by atoms with E-state index in [0.717, 1.165) is 4.90 Å². The maximum Gasteiger partial charge on any atom is 0.326 e. The molecule has 18 nitrogen and oxygen atoms in total. The Morgan fingerprint density at radius 3 is 1.81 bits per heavy atom. The van der Waals surface area contributed by atoms with Crippen LogP contribution in [0.5, 0.6) is 5.75 Å². The van der Waals surface area contributed by atoms with E-state index < -0.39 is 109 Å². The van der Waals surface area contributed by atoms with Crippen LogP contribution in [0.4, 0.5) is 0 Å². The second-order valence-corrected chi connectivity index (χ2v) is 11.6. The van der Waals surface area contributed by atoms with E-state index in [2.05, 4.69) is 21.3 Å². The Morgan fingerprint density at radius 2 is 1.31 bits per heavy atom. The molecule has 0 radical (unpaired) electrons. The summed E-state index contributed by atoms with van der Waals surface area (Å²) in [7, 11) is 1.29. The van der Waals surface area contributed by atoms with Crippen LogP contribution < -0.4 is 27.0 Å². The van der Waals surface area contributed by atoms with Crippen molar-refractivity contribution in [1.29, 1.82) is 0 Å². The average Bonchev–Trinajstić information content (AvgIpc) is 2.99. The van der Waals surface area contributed by atoms with Crippen LogP contribution in [0.2, 0.25) is 0 Å². The zero-order chi connectivity index (χ0) is 36.9. The summed E-state index contributed by atoms with van der Waals surface area (Å²) >= 11 is 0. The van der Waals surface area contributed by atoms with Crippen molar-refractivity contribution in [3.63, 3.8) is 0 Å². The lowest BCUT2D eigenvalue weighted by Crippen LogP contribution is -2.59. The normalized spacial score (nSPS) is 14.6. The number of aromatic hydroxyl groups is 1. The van der Waals surface area contributed by atoms with E-state index in [0.29, 0.717) is 5.56 Å². The highest BCUT2D eigenvalue weighted by Crippen LogP contribution is 2.15. The summed E-state index contributed by atoms with van der Waals surface area (Å²) in [5.41, 5.74) is 6.05. The molecule has 0 aliphatic carbocycles. The molecule has 0 heterocycles. The zero-order valence-electron chi connectivity index (χ0n) is 27.3. The Labute approximate surface area is 276 Å². The van der Waals surface area contributed by atoms with Crippen molar-refractivity contribution in [2.75, 3.05) is 7.05 Å². The zero-order valence-corrected chi connectivity index (χ0v) is 27.3. The van der Waals surface area contributed by atoms with Gasteiger partial charge in [0.15, 0.2) is 0 Å². The number of rotatable bonds is 19. The molecule has 1 aromatic rings. The maximum atomic E-state index is 13.4. The lowest BCUT2D eigenvalue weighted by molar-refractivity contribution is -0.146. The fourth-order valence-electron chi connectivity index (χ4n) is 4.36. The number of amides is 5. The Bertz CT molecular complexity index is 1350. The number of nitrogens with one attached hydrogen (secondary N) is 4. The van der Waals surface area contributed by atoms with Gasteiger partial charge in [0, 0.05) is 19.9 Å². The molecule has 10 N–H and O–H groups in total. The summed E-state index contributed by atoms with van der Waals surface area (Å²) < 4.78 is 0. The first kappa shape index (κ1) is 40.8. The minimum absolute atomic E-state index is 0.0372. The number of hydrogen-bond donors (Lipinski definition) is 9. The summed E-state index contributed by atoms with van der Waals surface area (Å²) in [6, 6.07) is -2.34. The second kappa shape index (κ2) is 18.8. The summed E-state index contributed by atoms with van der Waals surface area (Å²) in [6.45, 7) is 5.75. The third-order valence-corrected chi connectivity index (χ3v) is 7.21. The molecule has 1 rings (SSSR count). The fourth-order valence-corrected chi connectivity index (χ4v) is 4.36. The van der Waals surface area contributed by atoms with Crippen LogP contribution in [0.15, 0.2) is 24.3 Å². The van der Waals surface area contributed by atoms with Gasteiger partial charge < -0.3 is 52.3 Å². The predicted octanol–water partition coefficient (Wildman–Crippen LogP) is -1.85. The molecule has 48 heavy (non-hydrogen) atoms. The van der Waals surface area contributed by atoms with Crippen molar-refractivity contribution in [3.05, 3.63) is 29.8 Å². The second-order valence-electron chi connectivity index (χ2n) is 11.6. The number of carbonyl (C=O) groups excluding carboxylic acids is 5. The van der Waals surface area contributed by atoms with E-state index in [1.54, 1.807) is 13.8 Å². The Balaban J connectivity index is 3.07. The van der Waals surface area contributed by atoms with Gasteiger partial charge in [-0.3, -0.25) is 33.6 Å². The molecule has 0 aliphatic rings. The number of hydrogen-bond acceptors (Lipinski definition) is 10. The molecule has 0 saturated carbocycles. The van der Waals surface area contributed by atoms with Crippen LogP contribution in [0.3, 0.4) is 0 Å². The molecule has 0 bridgehead atoms. The van der Waals surface area contributed by atoms with Gasteiger partial charge in [0.1, 0.15) is 36.0 Å². The smallest absolute Gasteiger partial charge is 0.326 e. The van der Waals surface area contributed by atoms with Crippen LogP contribution in [0, 0.1) is 5.92 Å². The van der Waals surface area contributed by atoms with Crippen molar-refractivity contribution < 1.29 is 58.8 Å². The van der Waals surface area contributed by atoms with E-state index in [1.165, 1.54) is 45.2 Å². The molecular formula is C30H44N6O12. The van der Waals surface area contributed by atoms with Gasteiger partial charge in [0.05, 0.1) is 12.5 Å². The summed E-state index contributed by atoms with van der Waals surface area (Å²) in [4.78, 5) is 99.6. The Kier molecular flexibility index (Phi) is 15.9. The summed E-state index contributed by atoms with van der Waals surface area (Å²) in [5, 5.41) is 46.4. The number of phenols is 1. The maximum absolute atomic E-state index is 13.4. The van der Waals surface area contributed by atoms with Crippen molar-refractivity contribution in [3.8, 4) is 5.75 Å². The summed E-state index contributed by atoms with van der Waals surface area (Å²) in [6.07, 6.45) is -1.81. The van der Waals surface area contributed by atoms with E-state index in [-0.39, 0.29) is 12.2 Å². The number of benzene rings is 1. The molecule has 0 aromatic heterocycles. The third kappa shape index (κ3) is 13.2. The molecule has 0 unspecified atom stereocenters. The molecule has 1 aromatic carbocycles. The number of likely N-dealkylation sites (N-methyl/N-ethyl adjacent to an activating group) is 1. The predicted molar refractivity (Wildman–Crippen MR) is 167 cm³/mol. The highest BCUT2D eigenvalue weighted by Gasteiger charge is 2.34. The lowest BCUT2D eigenvalue weighted by Gasteiger charge is -2.31. The highest BCUT2D eigenvalue weighted by atomic mass is 16.4. The number of phenolic OH excluding ortho intramolecular Hbond substituents is 1. The number of aliphatic carboxylic acids is 3. The molecule has 0 spiro atoms. The van der Waals surface area contributed by atoms with Gasteiger partial charge >= 0.3 is 17.9 Å². The average molecular weight is 681 g/mol. The van der Waals surface area contributed by atoms with Crippen LogP contribution >= 0.6 is 0 Å². The van der Waals surface area contributed by atoms with Gasteiger partial charge in [-0.15, -0.1) is 0 Å². The molecule has 0 fully saturated rings.